The number of alkyl carbamates (subject to hydrolysis) is 1. The number of fused-ring (bicyclic) bond motifs is 3. The lowest BCUT2D eigenvalue weighted by Gasteiger charge is -2.19. The molecule has 0 bridgehead atoms. The monoisotopic (exact) mass is 515 g/mol. The minimum absolute atomic E-state index is 0.0157. The number of carbonyl (C=O) groups is 1. The summed E-state index contributed by atoms with van der Waals surface area (Å²) in [6, 6.07) is 23.5. The second-order valence-electron chi connectivity index (χ2n) is 9.13. The molecule has 2 atom stereocenters. The maximum atomic E-state index is 12.4. The summed E-state index contributed by atoms with van der Waals surface area (Å²) in [5.41, 5.74) is 12.7. The van der Waals surface area contributed by atoms with Crippen molar-refractivity contribution in [1.29, 1.82) is 0 Å². The van der Waals surface area contributed by atoms with Crippen LogP contribution in [0.5, 0.6) is 0 Å². The van der Waals surface area contributed by atoms with E-state index in [4.69, 9.17) is 10.5 Å². The zero-order valence-electron chi connectivity index (χ0n) is 20.4. The topological polar surface area (TPSA) is 118 Å². The number of aliphatic hydroxyl groups is 2. The van der Waals surface area contributed by atoms with Gasteiger partial charge in [0.2, 0.25) is 0 Å². The Morgan fingerprint density at radius 3 is 2.24 bits per heavy atom. The van der Waals surface area contributed by atoms with Crippen LogP contribution in [-0.4, -0.2) is 40.5 Å². The molecule has 0 spiro atoms. The van der Waals surface area contributed by atoms with E-state index >= 15 is 0 Å². The van der Waals surface area contributed by atoms with Gasteiger partial charge >= 0.3 is 6.09 Å². The Morgan fingerprint density at radius 1 is 1.03 bits per heavy atom. The van der Waals surface area contributed by atoms with Crippen LogP contribution in [0.2, 0.25) is 0 Å². The van der Waals surface area contributed by atoms with Crippen molar-refractivity contribution in [2.24, 2.45) is 0 Å². The molecular formula is C29H29N3O4S. The molecule has 8 heteroatoms. The van der Waals surface area contributed by atoms with Gasteiger partial charge in [0.15, 0.2) is 5.13 Å². The smallest absolute Gasteiger partial charge is 0.407 e. The zero-order chi connectivity index (χ0) is 25.9. The summed E-state index contributed by atoms with van der Waals surface area (Å²) < 4.78 is 5.53. The fraction of sp³-hybridized carbons (Fsp3) is 0.241. The normalized spacial score (nSPS) is 14.0. The number of thiazole rings is 1. The molecule has 7 nitrogen and oxygen atoms in total. The number of nitrogen functional groups attached to an aromatic ring is 1. The average molecular weight is 516 g/mol. The minimum Gasteiger partial charge on any atom is -0.449 e. The highest BCUT2D eigenvalue weighted by Gasteiger charge is 2.29. The van der Waals surface area contributed by atoms with Gasteiger partial charge in [0, 0.05) is 22.9 Å². The van der Waals surface area contributed by atoms with E-state index in [0.717, 1.165) is 27.3 Å². The molecule has 0 aliphatic heterocycles. The van der Waals surface area contributed by atoms with E-state index in [1.54, 1.807) is 12.1 Å². The number of aryl methyl sites for hydroxylation is 1. The van der Waals surface area contributed by atoms with Gasteiger partial charge in [-0.2, -0.15) is 0 Å². The zero-order valence-corrected chi connectivity index (χ0v) is 21.2. The number of nitrogens with zero attached hydrogens (tertiary/aromatic N) is 1. The van der Waals surface area contributed by atoms with Crippen LogP contribution in [0.15, 0.2) is 72.8 Å². The molecule has 1 aromatic heterocycles. The number of nitrogens with two attached hydrogens (primary N) is 1. The van der Waals surface area contributed by atoms with Crippen molar-refractivity contribution in [3.63, 3.8) is 0 Å². The second-order valence-corrected chi connectivity index (χ2v) is 10.4. The van der Waals surface area contributed by atoms with Crippen LogP contribution in [0.3, 0.4) is 0 Å². The van der Waals surface area contributed by atoms with E-state index in [2.05, 4.69) is 34.6 Å². The number of carbonyl (C=O) groups excluding carboxylic acids is 1. The molecular weight excluding hydrogens is 486 g/mol. The van der Waals surface area contributed by atoms with Crippen molar-refractivity contribution in [1.82, 2.24) is 10.3 Å². The minimum atomic E-state index is -1.08. The van der Waals surface area contributed by atoms with Crippen LogP contribution < -0.4 is 11.1 Å². The first-order valence-electron chi connectivity index (χ1n) is 12.2. The quantitative estimate of drug-likeness (QED) is 0.262. The van der Waals surface area contributed by atoms with Crippen LogP contribution in [0.1, 0.15) is 40.0 Å². The largest absolute Gasteiger partial charge is 0.449 e. The highest BCUT2D eigenvalue weighted by atomic mass is 32.1. The molecule has 1 heterocycles. The molecule has 0 saturated heterocycles. The first kappa shape index (κ1) is 25.0. The van der Waals surface area contributed by atoms with Gasteiger partial charge in [-0.1, -0.05) is 72.8 Å². The fourth-order valence-electron chi connectivity index (χ4n) is 4.87. The van der Waals surface area contributed by atoms with Crippen LogP contribution in [0, 0.1) is 6.92 Å². The van der Waals surface area contributed by atoms with Gasteiger partial charge in [0.25, 0.3) is 0 Å². The van der Waals surface area contributed by atoms with E-state index in [1.807, 2.05) is 43.3 Å². The van der Waals surface area contributed by atoms with Crippen LogP contribution in [0.25, 0.3) is 22.4 Å². The van der Waals surface area contributed by atoms with Crippen molar-refractivity contribution in [2.45, 2.75) is 31.5 Å². The number of benzene rings is 3. The number of nitrogens with one attached hydrogen (secondary N) is 1. The van der Waals surface area contributed by atoms with E-state index < -0.39 is 18.3 Å². The van der Waals surface area contributed by atoms with Gasteiger partial charge in [-0.3, -0.25) is 0 Å². The van der Waals surface area contributed by atoms with Gasteiger partial charge in [-0.05, 0) is 41.2 Å². The number of aliphatic hydroxyl groups excluding tert-OH is 2. The van der Waals surface area contributed by atoms with Crippen molar-refractivity contribution >= 4 is 22.6 Å². The van der Waals surface area contributed by atoms with E-state index in [9.17, 15) is 15.0 Å². The molecule has 1 aliphatic carbocycles. The number of aromatic nitrogens is 1. The molecule has 5 rings (SSSR count). The lowest BCUT2D eigenvalue weighted by atomic mass is 9.98. The van der Waals surface area contributed by atoms with Gasteiger partial charge in [0.05, 0.1) is 11.8 Å². The lowest BCUT2D eigenvalue weighted by molar-refractivity contribution is 0.0137. The summed E-state index contributed by atoms with van der Waals surface area (Å²) in [6.45, 7) is 2.35. The highest BCUT2D eigenvalue weighted by molar-refractivity contribution is 7.15. The molecule has 0 fully saturated rings. The van der Waals surface area contributed by atoms with E-state index in [0.29, 0.717) is 10.7 Å². The van der Waals surface area contributed by atoms with Gasteiger partial charge < -0.3 is 26.0 Å². The lowest BCUT2D eigenvalue weighted by Crippen LogP contribution is -2.30. The molecule has 0 saturated carbocycles. The molecule has 2 unspecified atom stereocenters. The van der Waals surface area contributed by atoms with Crippen molar-refractivity contribution in [3.05, 3.63) is 94.4 Å². The van der Waals surface area contributed by atoms with Gasteiger partial charge in [-0.15, -0.1) is 11.3 Å². The molecule has 5 N–H and O–H groups in total. The molecule has 190 valence electrons. The second kappa shape index (κ2) is 10.7. The predicted octanol–water partition coefficient (Wildman–Crippen LogP) is 5.02. The van der Waals surface area contributed by atoms with Crippen LogP contribution in [0.4, 0.5) is 9.93 Å². The van der Waals surface area contributed by atoms with Gasteiger partial charge in [-0.25, -0.2) is 9.78 Å². The molecule has 0 radical (unpaired) electrons. The van der Waals surface area contributed by atoms with Gasteiger partial charge in [0.1, 0.15) is 12.7 Å². The third kappa shape index (κ3) is 5.22. The average Bonchev–Trinajstić information content (AvgIpc) is 3.43. The number of hydrogen-bond acceptors (Lipinski definition) is 7. The standard InChI is InChI=1S/C29H29N3O4S/c1-17-26(32-28(30)37-17)18-10-12-19(13-11-18)27(34)25(33)14-15-31-29(35)36-16-24-22-8-4-2-6-20(22)21-7-3-5-9-23(21)24/h2-13,24-25,27,33-34H,14-16H2,1H3,(H2,30,32)(H,31,35). The fourth-order valence-corrected chi connectivity index (χ4v) is 5.59. The van der Waals surface area contributed by atoms with E-state index in [-0.39, 0.29) is 25.5 Å². The Morgan fingerprint density at radius 2 is 1.65 bits per heavy atom. The first-order chi connectivity index (χ1) is 17.9. The van der Waals surface area contributed by atoms with Crippen molar-refractivity contribution < 1.29 is 19.7 Å². The molecule has 3 aromatic carbocycles. The summed E-state index contributed by atoms with van der Waals surface area (Å²) in [7, 11) is 0. The molecule has 4 aromatic rings. The number of rotatable bonds is 8. The first-order valence-corrected chi connectivity index (χ1v) is 13.0. The number of ether oxygens (including phenoxy) is 1. The van der Waals surface area contributed by atoms with Crippen molar-refractivity contribution in [2.75, 3.05) is 18.9 Å². The summed E-state index contributed by atoms with van der Waals surface area (Å²) in [4.78, 5) is 17.7. The summed E-state index contributed by atoms with van der Waals surface area (Å²) >= 11 is 1.43. The molecule has 1 amide bonds. The molecule has 1 aliphatic rings. The Kier molecular flexibility index (Phi) is 7.23. The third-order valence-corrected chi connectivity index (χ3v) is 7.56. The predicted molar refractivity (Wildman–Crippen MR) is 145 cm³/mol. The van der Waals surface area contributed by atoms with E-state index in [1.165, 1.54) is 22.5 Å². The summed E-state index contributed by atoms with van der Waals surface area (Å²) in [5, 5.41) is 24.2. The maximum Gasteiger partial charge on any atom is 0.407 e. The number of anilines is 1. The summed E-state index contributed by atoms with van der Waals surface area (Å²) in [6.07, 6.45) is -2.50. The summed E-state index contributed by atoms with van der Waals surface area (Å²) in [5.74, 6) is -0.0157. The maximum absolute atomic E-state index is 12.4. The van der Waals surface area contributed by atoms with Crippen molar-refractivity contribution in [3.8, 4) is 22.4 Å². The Balaban J connectivity index is 1.11. The number of hydrogen-bond donors (Lipinski definition) is 4. The Bertz CT molecular complexity index is 1360. The van der Waals surface area contributed by atoms with Crippen LogP contribution in [-0.2, 0) is 4.74 Å². The highest BCUT2D eigenvalue weighted by Crippen LogP contribution is 2.44. The number of amides is 1. The SMILES string of the molecule is Cc1sc(N)nc1-c1ccc(C(O)C(O)CCNC(=O)OCC2c3ccccc3-c3ccccc32)cc1. The van der Waals surface area contributed by atoms with Crippen LogP contribution >= 0.6 is 11.3 Å². The third-order valence-electron chi connectivity index (χ3n) is 6.76. The Hall–Kier alpha value is -3.72. The molecule has 37 heavy (non-hydrogen) atoms. The Labute approximate surface area is 219 Å².